The third-order valence-corrected chi connectivity index (χ3v) is 3.31. The third-order valence-electron chi connectivity index (χ3n) is 3.31. The molecular formula is C16H18FN3O2. The SMILES string of the molecule is C=CC(=O)N(Cc1cc(C)nn1C)c1ccc(F)c(OC)c1. The molecule has 0 unspecified atom stereocenters. The van der Waals surface area contributed by atoms with Gasteiger partial charge in [0.15, 0.2) is 11.6 Å². The molecule has 0 saturated heterocycles. The lowest BCUT2D eigenvalue weighted by atomic mass is 10.2. The molecule has 6 heteroatoms. The molecule has 22 heavy (non-hydrogen) atoms. The van der Waals surface area contributed by atoms with Crippen molar-refractivity contribution in [3.05, 3.63) is 54.1 Å². The molecule has 116 valence electrons. The molecule has 0 spiro atoms. The number of halogens is 1. The van der Waals surface area contributed by atoms with Crippen molar-refractivity contribution >= 4 is 11.6 Å². The van der Waals surface area contributed by atoms with Crippen LogP contribution in [0.25, 0.3) is 0 Å². The smallest absolute Gasteiger partial charge is 0.250 e. The number of hydrogen-bond acceptors (Lipinski definition) is 3. The average Bonchev–Trinajstić information content (AvgIpc) is 2.82. The number of rotatable bonds is 5. The summed E-state index contributed by atoms with van der Waals surface area (Å²) in [4.78, 5) is 13.7. The van der Waals surface area contributed by atoms with Crippen LogP contribution >= 0.6 is 0 Å². The number of methoxy groups -OCH3 is 1. The molecule has 2 rings (SSSR count). The number of ether oxygens (including phenoxy) is 1. The largest absolute Gasteiger partial charge is 0.494 e. The molecule has 0 fully saturated rings. The Bertz CT molecular complexity index is 709. The van der Waals surface area contributed by atoms with E-state index in [9.17, 15) is 9.18 Å². The van der Waals surface area contributed by atoms with Gasteiger partial charge >= 0.3 is 0 Å². The van der Waals surface area contributed by atoms with E-state index >= 15 is 0 Å². The maximum absolute atomic E-state index is 13.5. The minimum Gasteiger partial charge on any atom is -0.494 e. The molecule has 5 nitrogen and oxygen atoms in total. The fourth-order valence-corrected chi connectivity index (χ4v) is 2.20. The Hall–Kier alpha value is -2.63. The number of carbonyl (C=O) groups excluding carboxylic acids is 1. The first-order valence-corrected chi connectivity index (χ1v) is 6.73. The molecule has 1 amide bonds. The van der Waals surface area contributed by atoms with Gasteiger partial charge in [-0.05, 0) is 31.2 Å². The molecule has 0 aliphatic rings. The van der Waals surface area contributed by atoms with E-state index in [4.69, 9.17) is 4.74 Å². The number of amides is 1. The lowest BCUT2D eigenvalue weighted by Crippen LogP contribution is -2.29. The first-order valence-electron chi connectivity index (χ1n) is 6.73. The van der Waals surface area contributed by atoms with Gasteiger partial charge in [-0.1, -0.05) is 6.58 Å². The zero-order valence-electron chi connectivity index (χ0n) is 12.8. The van der Waals surface area contributed by atoms with Gasteiger partial charge in [0.25, 0.3) is 5.91 Å². The van der Waals surface area contributed by atoms with Gasteiger partial charge in [-0.2, -0.15) is 5.10 Å². The van der Waals surface area contributed by atoms with Crippen LogP contribution in [0, 0.1) is 12.7 Å². The second-order valence-corrected chi connectivity index (χ2v) is 4.85. The van der Waals surface area contributed by atoms with Crippen LogP contribution in [0.2, 0.25) is 0 Å². The minimum atomic E-state index is -0.478. The average molecular weight is 303 g/mol. The fourth-order valence-electron chi connectivity index (χ4n) is 2.20. The zero-order chi connectivity index (χ0) is 16.3. The number of hydrogen-bond donors (Lipinski definition) is 0. The molecule has 0 aliphatic heterocycles. The van der Waals surface area contributed by atoms with Gasteiger partial charge in [-0.25, -0.2) is 4.39 Å². The van der Waals surface area contributed by atoms with Crippen LogP contribution in [0.4, 0.5) is 10.1 Å². The number of aryl methyl sites for hydroxylation is 2. The van der Waals surface area contributed by atoms with E-state index in [1.807, 2.05) is 20.0 Å². The summed E-state index contributed by atoms with van der Waals surface area (Å²) < 4.78 is 20.2. The lowest BCUT2D eigenvalue weighted by molar-refractivity contribution is -0.114. The summed E-state index contributed by atoms with van der Waals surface area (Å²) in [5.74, 6) is -0.679. The van der Waals surface area contributed by atoms with Crippen molar-refractivity contribution < 1.29 is 13.9 Å². The van der Waals surface area contributed by atoms with E-state index in [1.165, 1.54) is 36.3 Å². The summed E-state index contributed by atoms with van der Waals surface area (Å²) in [5.41, 5.74) is 2.25. The molecule has 1 aromatic heterocycles. The highest BCUT2D eigenvalue weighted by Crippen LogP contribution is 2.26. The summed E-state index contributed by atoms with van der Waals surface area (Å²) in [6, 6.07) is 6.18. The number of aromatic nitrogens is 2. The van der Waals surface area contributed by atoms with Crippen molar-refractivity contribution in [2.75, 3.05) is 12.0 Å². The molecular weight excluding hydrogens is 285 g/mol. The zero-order valence-corrected chi connectivity index (χ0v) is 12.8. The van der Waals surface area contributed by atoms with Crippen LogP contribution < -0.4 is 9.64 Å². The second kappa shape index (κ2) is 6.43. The first kappa shape index (κ1) is 15.8. The molecule has 1 aromatic carbocycles. The van der Waals surface area contributed by atoms with Crippen molar-refractivity contribution in [3.63, 3.8) is 0 Å². The van der Waals surface area contributed by atoms with Gasteiger partial charge in [0.2, 0.25) is 0 Å². The topological polar surface area (TPSA) is 47.4 Å². The molecule has 0 bridgehead atoms. The Morgan fingerprint density at radius 2 is 2.23 bits per heavy atom. The Kier molecular flexibility index (Phi) is 4.60. The van der Waals surface area contributed by atoms with Crippen molar-refractivity contribution in [2.24, 2.45) is 7.05 Å². The Labute approximate surface area is 128 Å². The van der Waals surface area contributed by atoms with Gasteiger partial charge in [0.1, 0.15) is 0 Å². The van der Waals surface area contributed by atoms with Crippen molar-refractivity contribution in [1.29, 1.82) is 0 Å². The first-order chi connectivity index (χ1) is 10.5. The van der Waals surface area contributed by atoms with E-state index in [1.54, 1.807) is 4.68 Å². The lowest BCUT2D eigenvalue weighted by Gasteiger charge is -2.22. The summed E-state index contributed by atoms with van der Waals surface area (Å²) in [6.07, 6.45) is 1.22. The minimum absolute atomic E-state index is 0.0838. The van der Waals surface area contributed by atoms with Gasteiger partial charge in [-0.15, -0.1) is 0 Å². The highest BCUT2D eigenvalue weighted by molar-refractivity contribution is 6.01. The van der Waals surface area contributed by atoms with E-state index < -0.39 is 5.82 Å². The highest BCUT2D eigenvalue weighted by Gasteiger charge is 2.17. The maximum atomic E-state index is 13.5. The number of benzene rings is 1. The number of anilines is 1. The monoisotopic (exact) mass is 303 g/mol. The number of nitrogens with zero attached hydrogens (tertiary/aromatic N) is 3. The van der Waals surface area contributed by atoms with Gasteiger partial charge in [-0.3, -0.25) is 9.48 Å². The Morgan fingerprint density at radius 1 is 1.50 bits per heavy atom. The Balaban J connectivity index is 2.40. The third kappa shape index (κ3) is 3.16. The molecule has 1 heterocycles. The molecule has 0 atom stereocenters. The second-order valence-electron chi connectivity index (χ2n) is 4.85. The standard InChI is InChI=1S/C16H18FN3O2/c1-5-16(21)20(10-13-8-11(2)18-19(13)3)12-6-7-14(17)15(9-12)22-4/h5-9H,1,10H2,2-4H3. The van der Waals surface area contributed by atoms with Gasteiger partial charge < -0.3 is 9.64 Å². The predicted molar refractivity (Wildman–Crippen MR) is 82.3 cm³/mol. The van der Waals surface area contributed by atoms with Gasteiger partial charge in [0, 0.05) is 18.8 Å². The van der Waals surface area contributed by atoms with E-state index in [2.05, 4.69) is 11.7 Å². The van der Waals surface area contributed by atoms with Crippen LogP contribution in [0.1, 0.15) is 11.4 Å². The Morgan fingerprint density at radius 3 is 2.77 bits per heavy atom. The van der Waals surface area contributed by atoms with Crippen molar-refractivity contribution in [3.8, 4) is 5.75 Å². The molecule has 0 saturated carbocycles. The summed E-state index contributed by atoms with van der Waals surface area (Å²) >= 11 is 0. The van der Waals surface area contributed by atoms with E-state index in [-0.39, 0.29) is 11.7 Å². The molecule has 2 aromatic rings. The molecule has 0 radical (unpaired) electrons. The predicted octanol–water partition coefficient (Wildman–Crippen LogP) is 2.60. The normalized spacial score (nSPS) is 10.4. The summed E-state index contributed by atoms with van der Waals surface area (Å²) in [6.45, 7) is 5.70. The van der Waals surface area contributed by atoms with Crippen molar-refractivity contribution in [2.45, 2.75) is 13.5 Å². The number of carbonyl (C=O) groups is 1. The summed E-state index contributed by atoms with van der Waals surface area (Å²) in [7, 11) is 3.19. The summed E-state index contributed by atoms with van der Waals surface area (Å²) in [5, 5.41) is 4.26. The quantitative estimate of drug-likeness (QED) is 0.798. The van der Waals surface area contributed by atoms with Crippen LogP contribution in [0.3, 0.4) is 0 Å². The van der Waals surface area contributed by atoms with Crippen LogP contribution in [-0.4, -0.2) is 22.8 Å². The van der Waals surface area contributed by atoms with Gasteiger partial charge in [0.05, 0.1) is 25.0 Å². The van der Waals surface area contributed by atoms with E-state index in [0.29, 0.717) is 12.2 Å². The highest BCUT2D eigenvalue weighted by atomic mass is 19.1. The fraction of sp³-hybridized carbons (Fsp3) is 0.250. The van der Waals surface area contributed by atoms with Crippen LogP contribution in [0.15, 0.2) is 36.9 Å². The van der Waals surface area contributed by atoms with Crippen molar-refractivity contribution in [1.82, 2.24) is 9.78 Å². The molecule has 0 N–H and O–H groups in total. The van der Waals surface area contributed by atoms with Crippen LogP contribution in [0.5, 0.6) is 5.75 Å². The van der Waals surface area contributed by atoms with E-state index in [0.717, 1.165) is 11.4 Å². The molecule has 0 aliphatic carbocycles. The van der Waals surface area contributed by atoms with Crippen LogP contribution in [-0.2, 0) is 18.4 Å². The maximum Gasteiger partial charge on any atom is 0.250 e.